The number of anilines is 1. The molecule has 8 heteroatoms. The summed E-state index contributed by atoms with van der Waals surface area (Å²) in [5, 5.41) is 2.99. The fraction of sp³-hybridized carbons (Fsp3) is 0.423. The summed E-state index contributed by atoms with van der Waals surface area (Å²) in [6.45, 7) is 6.09. The molecule has 1 atom stereocenters. The number of carbonyl (C=O) groups is 1. The summed E-state index contributed by atoms with van der Waals surface area (Å²) in [5.41, 5.74) is 3.78. The number of fused-ring (bicyclic) bond motifs is 1. The van der Waals surface area contributed by atoms with Gasteiger partial charge in [0.05, 0.1) is 23.7 Å². The maximum atomic E-state index is 13.6. The van der Waals surface area contributed by atoms with Gasteiger partial charge < -0.3 is 19.9 Å². The van der Waals surface area contributed by atoms with Gasteiger partial charge in [0, 0.05) is 39.3 Å². The van der Waals surface area contributed by atoms with Crippen LogP contribution in [0.4, 0.5) is 10.6 Å². The number of aromatic nitrogens is 2. The van der Waals surface area contributed by atoms with Crippen LogP contribution in [0.5, 0.6) is 0 Å². The molecule has 1 N–H and O–H groups in total. The van der Waals surface area contributed by atoms with Crippen LogP contribution in [0.3, 0.4) is 0 Å². The molecule has 2 saturated heterocycles. The third-order valence-electron chi connectivity index (χ3n) is 6.67. The zero-order chi connectivity index (χ0) is 23.5. The van der Waals surface area contributed by atoms with Gasteiger partial charge in [-0.15, -0.1) is 0 Å². The Labute approximate surface area is 199 Å². The first kappa shape index (κ1) is 22.4. The Kier molecular flexibility index (Phi) is 6.49. The van der Waals surface area contributed by atoms with Gasteiger partial charge in [0.1, 0.15) is 0 Å². The second kappa shape index (κ2) is 9.85. The topological polar surface area (TPSA) is 79.7 Å². The Morgan fingerprint density at radius 1 is 1.09 bits per heavy atom. The van der Waals surface area contributed by atoms with Crippen molar-refractivity contribution in [1.29, 1.82) is 0 Å². The van der Waals surface area contributed by atoms with E-state index >= 15 is 0 Å². The number of urea groups is 1. The van der Waals surface area contributed by atoms with Crippen molar-refractivity contribution in [1.82, 2.24) is 19.8 Å². The molecule has 2 amide bonds. The van der Waals surface area contributed by atoms with E-state index in [1.807, 2.05) is 33.7 Å². The number of carbonyl (C=O) groups excluding carboxylic acids is 1. The summed E-state index contributed by atoms with van der Waals surface area (Å²) in [6.07, 6.45) is 2.18. The number of rotatable bonds is 5. The van der Waals surface area contributed by atoms with Gasteiger partial charge in [0.2, 0.25) is 0 Å². The molecule has 178 valence electrons. The fourth-order valence-corrected chi connectivity index (χ4v) is 4.66. The molecule has 3 aromatic rings. The maximum absolute atomic E-state index is 13.6. The Bertz CT molecular complexity index is 1210. The van der Waals surface area contributed by atoms with E-state index in [4.69, 9.17) is 9.72 Å². The van der Waals surface area contributed by atoms with E-state index in [2.05, 4.69) is 36.5 Å². The number of piperazine rings is 1. The molecule has 0 radical (unpaired) electrons. The van der Waals surface area contributed by atoms with Gasteiger partial charge >= 0.3 is 6.03 Å². The van der Waals surface area contributed by atoms with Crippen molar-refractivity contribution in [3.05, 3.63) is 70.0 Å². The van der Waals surface area contributed by atoms with Crippen LogP contribution in [0.25, 0.3) is 11.0 Å². The first-order chi connectivity index (χ1) is 16.6. The first-order valence-electron chi connectivity index (χ1n) is 12.0. The Hall–Kier alpha value is -3.39. The standard InChI is InChI=1S/C26H31N5O3/c1-19-8-10-20(11-9-19)18-31-23-7-3-2-6-22(23)28-24(25(31)32)29-12-14-30(15-13-29)26(33)27-17-21-5-4-16-34-21/h2-3,6-11,21H,4-5,12-18H2,1H3,(H,27,33). The number of para-hydroxylation sites is 2. The average Bonchev–Trinajstić information content (AvgIpc) is 3.39. The van der Waals surface area contributed by atoms with Gasteiger partial charge in [0.25, 0.3) is 5.56 Å². The predicted molar refractivity (Wildman–Crippen MR) is 132 cm³/mol. The lowest BCUT2D eigenvalue weighted by Gasteiger charge is -2.35. The number of hydrogen-bond acceptors (Lipinski definition) is 5. The normalized spacial score (nSPS) is 18.4. The molecule has 2 fully saturated rings. The maximum Gasteiger partial charge on any atom is 0.317 e. The zero-order valence-corrected chi connectivity index (χ0v) is 19.6. The Morgan fingerprint density at radius 2 is 1.85 bits per heavy atom. The van der Waals surface area contributed by atoms with Crippen LogP contribution in [-0.2, 0) is 11.3 Å². The van der Waals surface area contributed by atoms with Crippen LogP contribution in [-0.4, -0.2) is 65.9 Å². The van der Waals surface area contributed by atoms with Crippen molar-refractivity contribution < 1.29 is 9.53 Å². The van der Waals surface area contributed by atoms with Crippen molar-refractivity contribution >= 4 is 22.9 Å². The van der Waals surface area contributed by atoms with Crippen molar-refractivity contribution in [2.24, 2.45) is 0 Å². The molecule has 0 aliphatic carbocycles. The van der Waals surface area contributed by atoms with E-state index < -0.39 is 0 Å². The van der Waals surface area contributed by atoms with Gasteiger partial charge in [-0.1, -0.05) is 42.0 Å². The minimum absolute atomic E-state index is 0.0709. The highest BCUT2D eigenvalue weighted by Crippen LogP contribution is 2.18. The third kappa shape index (κ3) is 4.77. The smallest absolute Gasteiger partial charge is 0.317 e. The van der Waals surface area contributed by atoms with Crippen molar-refractivity contribution in [3.8, 4) is 0 Å². The lowest BCUT2D eigenvalue weighted by atomic mass is 10.1. The van der Waals surface area contributed by atoms with Crippen molar-refractivity contribution in [2.75, 3.05) is 44.2 Å². The van der Waals surface area contributed by atoms with Gasteiger partial charge in [-0.2, -0.15) is 0 Å². The summed E-state index contributed by atoms with van der Waals surface area (Å²) in [6, 6.07) is 15.9. The minimum atomic E-state index is -0.101. The molecule has 2 aliphatic rings. The van der Waals surface area contributed by atoms with Crippen molar-refractivity contribution in [2.45, 2.75) is 32.4 Å². The minimum Gasteiger partial charge on any atom is -0.376 e. The molecule has 8 nitrogen and oxygen atoms in total. The van der Waals surface area contributed by atoms with Crippen LogP contribution >= 0.6 is 0 Å². The molecule has 2 aliphatic heterocycles. The molecule has 2 aromatic carbocycles. The molecule has 34 heavy (non-hydrogen) atoms. The number of benzene rings is 2. The number of nitrogens with zero attached hydrogens (tertiary/aromatic N) is 4. The van der Waals surface area contributed by atoms with Gasteiger partial charge in [-0.25, -0.2) is 9.78 Å². The summed E-state index contributed by atoms with van der Waals surface area (Å²) in [4.78, 5) is 34.7. The second-order valence-electron chi connectivity index (χ2n) is 9.10. The quantitative estimate of drug-likeness (QED) is 0.632. The highest BCUT2D eigenvalue weighted by molar-refractivity contribution is 5.77. The number of nitrogens with one attached hydrogen (secondary N) is 1. The van der Waals surface area contributed by atoms with Crippen molar-refractivity contribution in [3.63, 3.8) is 0 Å². The number of hydrogen-bond donors (Lipinski definition) is 1. The van der Waals surface area contributed by atoms with Crippen LogP contribution < -0.4 is 15.8 Å². The van der Waals surface area contributed by atoms with E-state index in [9.17, 15) is 9.59 Å². The Morgan fingerprint density at radius 3 is 2.59 bits per heavy atom. The first-order valence-corrected chi connectivity index (χ1v) is 12.0. The number of ether oxygens (including phenoxy) is 1. The summed E-state index contributed by atoms with van der Waals surface area (Å²) < 4.78 is 7.40. The molecule has 1 aromatic heterocycles. The molecule has 5 rings (SSSR count). The lowest BCUT2D eigenvalue weighted by Crippen LogP contribution is -2.53. The molecule has 0 saturated carbocycles. The molecular formula is C26H31N5O3. The SMILES string of the molecule is Cc1ccc(Cn2c(=O)c(N3CCN(C(=O)NCC4CCCO4)CC3)nc3ccccc32)cc1. The number of aryl methyl sites for hydroxylation is 1. The molecular weight excluding hydrogens is 430 g/mol. The second-order valence-corrected chi connectivity index (χ2v) is 9.10. The lowest BCUT2D eigenvalue weighted by molar-refractivity contribution is 0.108. The summed E-state index contributed by atoms with van der Waals surface area (Å²) in [7, 11) is 0. The third-order valence-corrected chi connectivity index (χ3v) is 6.67. The highest BCUT2D eigenvalue weighted by Gasteiger charge is 2.25. The van der Waals surface area contributed by atoms with Crippen LogP contribution in [0.1, 0.15) is 24.0 Å². The van der Waals surface area contributed by atoms with Gasteiger partial charge in [0.15, 0.2) is 5.82 Å². The van der Waals surface area contributed by atoms with E-state index in [0.717, 1.165) is 36.0 Å². The molecule has 1 unspecified atom stereocenters. The van der Waals surface area contributed by atoms with E-state index in [-0.39, 0.29) is 17.7 Å². The largest absolute Gasteiger partial charge is 0.376 e. The summed E-state index contributed by atoms with van der Waals surface area (Å²) >= 11 is 0. The van der Waals surface area contributed by atoms with Gasteiger partial charge in [-0.05, 0) is 37.5 Å². The Balaban J connectivity index is 1.32. The number of amides is 2. The molecule has 3 heterocycles. The van der Waals surface area contributed by atoms with E-state index in [0.29, 0.717) is 45.1 Å². The average molecular weight is 462 g/mol. The fourth-order valence-electron chi connectivity index (χ4n) is 4.66. The zero-order valence-electron chi connectivity index (χ0n) is 19.6. The predicted octanol–water partition coefficient (Wildman–Crippen LogP) is 2.76. The van der Waals surface area contributed by atoms with Crippen LogP contribution in [0.15, 0.2) is 53.3 Å². The monoisotopic (exact) mass is 461 g/mol. The molecule has 0 spiro atoms. The van der Waals surface area contributed by atoms with E-state index in [1.54, 1.807) is 4.90 Å². The molecule has 0 bridgehead atoms. The summed E-state index contributed by atoms with van der Waals surface area (Å²) in [5.74, 6) is 0.449. The van der Waals surface area contributed by atoms with Gasteiger partial charge in [-0.3, -0.25) is 9.36 Å². The van der Waals surface area contributed by atoms with Crippen LogP contribution in [0.2, 0.25) is 0 Å². The van der Waals surface area contributed by atoms with E-state index in [1.165, 1.54) is 5.56 Å². The van der Waals surface area contributed by atoms with Crippen LogP contribution in [0, 0.1) is 6.92 Å². The highest BCUT2D eigenvalue weighted by atomic mass is 16.5.